The molecule has 26 heavy (non-hydrogen) atoms. The topological polar surface area (TPSA) is 52.9 Å². The second-order valence-corrected chi connectivity index (χ2v) is 7.73. The Hall–Kier alpha value is -2.25. The van der Waals surface area contributed by atoms with Crippen molar-refractivity contribution < 1.29 is 4.79 Å². The van der Waals surface area contributed by atoms with Crippen molar-refractivity contribution in [3.8, 4) is 6.07 Å². The van der Waals surface area contributed by atoms with E-state index in [-0.39, 0.29) is 11.7 Å². The van der Waals surface area contributed by atoms with Crippen molar-refractivity contribution in [2.24, 2.45) is 0 Å². The molecule has 1 atom stereocenters. The van der Waals surface area contributed by atoms with Gasteiger partial charge in [0.05, 0.1) is 22.6 Å². The van der Waals surface area contributed by atoms with Crippen LogP contribution in [-0.4, -0.2) is 11.5 Å². The van der Waals surface area contributed by atoms with Gasteiger partial charge in [0.1, 0.15) is 0 Å². The summed E-state index contributed by atoms with van der Waals surface area (Å²) in [4.78, 5) is 12.3. The van der Waals surface area contributed by atoms with Gasteiger partial charge in [-0.05, 0) is 45.2 Å². The van der Waals surface area contributed by atoms with Crippen molar-refractivity contribution in [3.05, 3.63) is 68.9 Å². The number of allylic oxidation sites excluding steroid dienone is 4. The van der Waals surface area contributed by atoms with E-state index >= 15 is 0 Å². The maximum absolute atomic E-state index is 12.3. The number of benzene rings is 1. The molecule has 0 fully saturated rings. The molecule has 4 heteroatoms. The predicted octanol–water partition coefficient (Wildman–Crippen LogP) is 5.23. The van der Waals surface area contributed by atoms with Crippen LogP contribution >= 0.6 is 11.8 Å². The highest BCUT2D eigenvalue weighted by Gasteiger charge is 2.32. The molecular weight excluding hydrogens is 340 g/mol. The van der Waals surface area contributed by atoms with Crippen LogP contribution in [0, 0.1) is 11.3 Å². The Labute approximate surface area is 160 Å². The molecule has 1 aliphatic heterocycles. The number of hydrogen-bond acceptors (Lipinski definition) is 4. The van der Waals surface area contributed by atoms with Crippen LogP contribution in [0.5, 0.6) is 0 Å². The number of Topliss-reactive ketones (excluding diaryl/α,β-unsaturated/α-hetero) is 1. The van der Waals surface area contributed by atoms with E-state index in [0.717, 1.165) is 28.5 Å². The Morgan fingerprint density at radius 2 is 1.92 bits per heavy atom. The molecule has 2 rings (SSSR count). The largest absolute Gasteiger partial charge is 0.353 e. The van der Waals surface area contributed by atoms with Gasteiger partial charge in [0.25, 0.3) is 0 Å². The van der Waals surface area contributed by atoms with Crippen molar-refractivity contribution in [1.82, 2.24) is 5.32 Å². The van der Waals surface area contributed by atoms with Gasteiger partial charge in [-0.25, -0.2) is 0 Å². The molecule has 0 aliphatic carbocycles. The highest BCUT2D eigenvalue weighted by molar-refractivity contribution is 8.03. The standard InChI is InChI=1S/C22H26N2OS/c1-6-17-7-9-18(10-8-17)21-19(13-23)22(26-12-11-14(2)3)24-15(4)20(21)16(5)25/h7-11,21,24H,6,12H2,1-5H3. The van der Waals surface area contributed by atoms with E-state index in [9.17, 15) is 10.1 Å². The van der Waals surface area contributed by atoms with Crippen molar-refractivity contribution in [2.45, 2.75) is 47.0 Å². The zero-order valence-electron chi connectivity index (χ0n) is 16.1. The second kappa shape index (κ2) is 8.91. The monoisotopic (exact) mass is 366 g/mol. The summed E-state index contributed by atoms with van der Waals surface area (Å²) in [6.07, 6.45) is 3.10. The zero-order chi connectivity index (χ0) is 19.3. The van der Waals surface area contributed by atoms with Crippen LogP contribution in [0.1, 0.15) is 51.7 Å². The van der Waals surface area contributed by atoms with Crippen LogP contribution in [0.15, 0.2) is 57.8 Å². The average molecular weight is 367 g/mol. The first-order chi connectivity index (χ1) is 12.4. The van der Waals surface area contributed by atoms with Gasteiger partial charge in [0.2, 0.25) is 0 Å². The van der Waals surface area contributed by atoms with Crippen molar-refractivity contribution in [1.29, 1.82) is 5.26 Å². The molecule has 1 heterocycles. The number of hydrogen-bond donors (Lipinski definition) is 1. The molecule has 1 aromatic rings. The number of dihydropyridines is 1. The van der Waals surface area contributed by atoms with Gasteiger partial charge in [-0.15, -0.1) is 11.8 Å². The molecule has 0 bridgehead atoms. The van der Waals surface area contributed by atoms with Crippen LogP contribution < -0.4 is 5.32 Å². The summed E-state index contributed by atoms with van der Waals surface area (Å²) in [5.41, 5.74) is 5.62. The molecule has 1 unspecified atom stereocenters. The summed E-state index contributed by atoms with van der Waals surface area (Å²) in [5.74, 6) is 0.486. The van der Waals surface area contributed by atoms with Crippen LogP contribution in [0.25, 0.3) is 0 Å². The first kappa shape index (κ1) is 20.1. The molecule has 136 valence electrons. The Kier molecular flexibility index (Phi) is 6.88. The highest BCUT2D eigenvalue weighted by Crippen LogP contribution is 2.40. The zero-order valence-corrected chi connectivity index (χ0v) is 17.0. The summed E-state index contributed by atoms with van der Waals surface area (Å²) < 4.78 is 0. The third-order valence-corrected chi connectivity index (χ3v) is 5.41. The predicted molar refractivity (Wildman–Crippen MR) is 110 cm³/mol. The van der Waals surface area contributed by atoms with Gasteiger partial charge in [0.15, 0.2) is 5.78 Å². The number of ketones is 1. The minimum atomic E-state index is -0.307. The second-order valence-electron chi connectivity index (χ2n) is 6.70. The summed E-state index contributed by atoms with van der Waals surface area (Å²) in [6.45, 7) is 9.73. The quantitative estimate of drug-likeness (QED) is 0.700. The number of nitrogens with zero attached hydrogens (tertiary/aromatic N) is 1. The minimum Gasteiger partial charge on any atom is -0.353 e. The Balaban J connectivity index is 2.52. The smallest absolute Gasteiger partial charge is 0.158 e. The van der Waals surface area contributed by atoms with E-state index in [4.69, 9.17) is 0 Å². The van der Waals surface area contributed by atoms with Crippen LogP contribution in [-0.2, 0) is 11.2 Å². The lowest BCUT2D eigenvalue weighted by Crippen LogP contribution is -2.27. The highest BCUT2D eigenvalue weighted by atomic mass is 32.2. The Bertz CT molecular complexity index is 819. The Morgan fingerprint density at radius 1 is 1.27 bits per heavy atom. The SMILES string of the molecule is CCc1ccc(C2C(C#N)=C(SCC=C(C)C)NC(C)=C2C(C)=O)cc1. The Morgan fingerprint density at radius 3 is 2.42 bits per heavy atom. The number of carbonyl (C=O) groups excluding carboxylic acids is 1. The van der Waals surface area contributed by atoms with Gasteiger partial charge in [-0.1, -0.05) is 42.8 Å². The summed E-state index contributed by atoms with van der Waals surface area (Å²) >= 11 is 1.61. The molecule has 0 radical (unpaired) electrons. The third-order valence-electron chi connectivity index (χ3n) is 4.47. The number of aryl methyl sites for hydroxylation is 1. The first-order valence-electron chi connectivity index (χ1n) is 8.87. The lowest BCUT2D eigenvalue weighted by atomic mass is 9.81. The van der Waals surface area contributed by atoms with Gasteiger partial charge in [0, 0.05) is 17.0 Å². The number of nitrogens with one attached hydrogen (secondary N) is 1. The van der Waals surface area contributed by atoms with Crippen LogP contribution in [0.3, 0.4) is 0 Å². The van der Waals surface area contributed by atoms with E-state index in [2.05, 4.69) is 50.4 Å². The van der Waals surface area contributed by atoms with Gasteiger partial charge in [-0.2, -0.15) is 5.26 Å². The summed E-state index contributed by atoms with van der Waals surface area (Å²) in [7, 11) is 0. The molecule has 0 saturated carbocycles. The van der Waals surface area contributed by atoms with E-state index in [0.29, 0.717) is 11.1 Å². The van der Waals surface area contributed by atoms with Crippen molar-refractivity contribution in [3.63, 3.8) is 0 Å². The average Bonchev–Trinajstić information content (AvgIpc) is 2.60. The van der Waals surface area contributed by atoms with Gasteiger partial charge in [-0.3, -0.25) is 4.79 Å². The fourth-order valence-electron chi connectivity index (χ4n) is 3.06. The fourth-order valence-corrected chi connectivity index (χ4v) is 4.19. The molecule has 0 amide bonds. The lowest BCUT2D eigenvalue weighted by molar-refractivity contribution is -0.113. The molecule has 1 aliphatic rings. The summed E-state index contributed by atoms with van der Waals surface area (Å²) in [6, 6.07) is 10.6. The molecule has 0 saturated heterocycles. The molecular formula is C22H26N2OS. The first-order valence-corrected chi connectivity index (χ1v) is 9.85. The van der Waals surface area contributed by atoms with Crippen LogP contribution in [0.2, 0.25) is 0 Å². The molecule has 0 aromatic heterocycles. The van der Waals surface area contributed by atoms with Crippen molar-refractivity contribution >= 4 is 17.5 Å². The third kappa shape index (κ3) is 4.47. The minimum absolute atomic E-state index is 0.000617. The maximum atomic E-state index is 12.3. The van der Waals surface area contributed by atoms with Gasteiger partial charge >= 0.3 is 0 Å². The van der Waals surface area contributed by atoms with Crippen molar-refractivity contribution in [2.75, 3.05) is 5.75 Å². The fraction of sp³-hybridized carbons (Fsp3) is 0.364. The molecule has 1 N–H and O–H groups in total. The molecule has 1 aromatic carbocycles. The summed E-state index contributed by atoms with van der Waals surface area (Å²) in [5, 5.41) is 14.0. The molecule has 0 spiro atoms. The van der Waals surface area contributed by atoms with Gasteiger partial charge < -0.3 is 5.32 Å². The maximum Gasteiger partial charge on any atom is 0.158 e. The molecule has 3 nitrogen and oxygen atoms in total. The number of carbonyl (C=O) groups is 1. The van der Waals surface area contributed by atoms with E-state index < -0.39 is 0 Å². The van der Waals surface area contributed by atoms with Crippen LogP contribution in [0.4, 0.5) is 0 Å². The number of thioether (sulfide) groups is 1. The number of rotatable bonds is 6. The van der Waals surface area contributed by atoms with E-state index in [1.807, 2.05) is 19.1 Å². The normalized spacial score (nSPS) is 16.8. The van der Waals surface area contributed by atoms with E-state index in [1.165, 1.54) is 11.1 Å². The number of nitriles is 1. The lowest BCUT2D eigenvalue weighted by Gasteiger charge is -2.29. The van der Waals surface area contributed by atoms with E-state index in [1.54, 1.807) is 18.7 Å².